The van der Waals surface area contributed by atoms with Crippen LogP contribution in [0.15, 0.2) is 12.2 Å². The van der Waals surface area contributed by atoms with E-state index in [0.29, 0.717) is 6.42 Å². The van der Waals surface area contributed by atoms with E-state index in [9.17, 15) is 9.90 Å². The van der Waals surface area contributed by atoms with Crippen molar-refractivity contribution in [1.82, 2.24) is 0 Å². The van der Waals surface area contributed by atoms with E-state index in [-0.39, 0.29) is 18.4 Å². The molecule has 0 fully saturated rings. The van der Waals surface area contributed by atoms with E-state index in [4.69, 9.17) is 39.8 Å². The van der Waals surface area contributed by atoms with Gasteiger partial charge >= 0.3 is 32.4 Å². The van der Waals surface area contributed by atoms with Gasteiger partial charge in [-0.2, -0.15) is 0 Å². The Bertz CT molecular complexity index is 473. The standard InChI is InChI=1S/C16H36O11Si3/c1-14(15(17)18)12-11-13-16(28(19-2,20-3)21-4,29(22-5,23-6)24-7)30(25-8,26-9)27-10/h1,11-13H2,2-10H3,(H,17,18). The van der Waals surface area contributed by atoms with Crippen molar-refractivity contribution in [3.05, 3.63) is 12.2 Å². The van der Waals surface area contributed by atoms with Gasteiger partial charge < -0.3 is 44.9 Å². The zero-order valence-electron chi connectivity index (χ0n) is 19.4. The second kappa shape index (κ2) is 12.5. The molecule has 0 spiro atoms. The lowest BCUT2D eigenvalue weighted by Crippen LogP contribution is -2.80. The first-order valence-electron chi connectivity index (χ1n) is 9.00. The van der Waals surface area contributed by atoms with Crippen LogP contribution in [0.5, 0.6) is 0 Å². The molecule has 0 unspecified atom stereocenters. The second-order valence-corrected chi connectivity index (χ2v) is 17.2. The van der Waals surface area contributed by atoms with E-state index in [1.807, 2.05) is 0 Å². The van der Waals surface area contributed by atoms with Gasteiger partial charge in [0, 0.05) is 69.6 Å². The molecule has 0 aliphatic carbocycles. The largest absolute Gasteiger partial charge is 0.515 e. The van der Waals surface area contributed by atoms with Crippen molar-refractivity contribution in [3.63, 3.8) is 0 Å². The molecule has 11 nitrogen and oxygen atoms in total. The van der Waals surface area contributed by atoms with Crippen molar-refractivity contribution < 1.29 is 49.7 Å². The first-order valence-corrected chi connectivity index (χ1v) is 14.2. The molecule has 178 valence electrons. The predicted molar refractivity (Wildman–Crippen MR) is 114 cm³/mol. The van der Waals surface area contributed by atoms with Gasteiger partial charge in [0.1, 0.15) is 0 Å². The molecule has 0 heterocycles. The first kappa shape index (κ1) is 29.5. The van der Waals surface area contributed by atoms with Crippen molar-refractivity contribution in [3.8, 4) is 0 Å². The summed E-state index contributed by atoms with van der Waals surface area (Å²) >= 11 is 0. The minimum atomic E-state index is -3.80. The van der Waals surface area contributed by atoms with Gasteiger partial charge in [-0.05, 0) is 19.3 Å². The number of aliphatic carboxylic acids is 1. The second-order valence-electron chi connectivity index (χ2n) is 6.17. The Labute approximate surface area is 182 Å². The normalized spacial score (nSPS) is 13.5. The highest BCUT2D eigenvalue weighted by Crippen LogP contribution is 2.59. The van der Waals surface area contributed by atoms with Crippen LogP contribution in [0.2, 0.25) is 4.28 Å². The molecule has 0 amide bonds. The van der Waals surface area contributed by atoms with Gasteiger partial charge in [-0.1, -0.05) is 6.58 Å². The van der Waals surface area contributed by atoms with Gasteiger partial charge in [0.15, 0.2) is 4.28 Å². The van der Waals surface area contributed by atoms with Gasteiger partial charge in [-0.3, -0.25) is 0 Å². The summed E-state index contributed by atoms with van der Waals surface area (Å²) in [5.74, 6) is -1.09. The maximum Gasteiger partial charge on any atom is 0.515 e. The lowest BCUT2D eigenvalue weighted by Gasteiger charge is -2.53. The summed E-state index contributed by atoms with van der Waals surface area (Å²) < 4.78 is 51.5. The maximum absolute atomic E-state index is 11.3. The highest BCUT2D eigenvalue weighted by molar-refractivity contribution is 7.02. The number of carboxylic acids is 1. The monoisotopic (exact) mass is 488 g/mol. The van der Waals surface area contributed by atoms with Crippen LogP contribution >= 0.6 is 0 Å². The van der Waals surface area contributed by atoms with Crippen molar-refractivity contribution in [2.24, 2.45) is 0 Å². The Hall–Kier alpha value is -0.499. The zero-order chi connectivity index (χ0) is 23.6. The van der Waals surface area contributed by atoms with E-state index in [1.165, 1.54) is 64.0 Å². The minimum absolute atomic E-state index is 0.0439. The van der Waals surface area contributed by atoms with Crippen molar-refractivity contribution in [2.75, 3.05) is 64.0 Å². The average molecular weight is 489 g/mol. The number of rotatable bonds is 17. The molecule has 0 saturated heterocycles. The molecule has 0 rings (SSSR count). The average Bonchev–Trinajstić information content (AvgIpc) is 2.77. The third-order valence-corrected chi connectivity index (χ3v) is 19.6. The van der Waals surface area contributed by atoms with E-state index < -0.39 is 36.7 Å². The van der Waals surface area contributed by atoms with Crippen LogP contribution in [-0.2, 0) is 44.6 Å². The van der Waals surface area contributed by atoms with E-state index in [0.717, 1.165) is 0 Å². The Morgan fingerprint density at radius 1 is 0.700 bits per heavy atom. The van der Waals surface area contributed by atoms with Crippen LogP contribution in [0.3, 0.4) is 0 Å². The molecule has 0 aliphatic rings. The van der Waals surface area contributed by atoms with Crippen LogP contribution in [0.25, 0.3) is 0 Å². The molecule has 0 atom stereocenters. The molecular formula is C16H36O11Si3. The third-order valence-electron chi connectivity index (χ3n) is 5.32. The summed E-state index contributed by atoms with van der Waals surface area (Å²) in [7, 11) is 1.52. The molecular weight excluding hydrogens is 452 g/mol. The van der Waals surface area contributed by atoms with Crippen LogP contribution in [-0.4, -0.2) is 101 Å². The molecule has 0 aromatic rings. The lowest BCUT2D eigenvalue weighted by atomic mass is 10.1. The summed E-state index contributed by atoms with van der Waals surface area (Å²) in [5.41, 5.74) is 0.0439. The fraction of sp³-hybridized carbons (Fsp3) is 0.812. The van der Waals surface area contributed by atoms with E-state index in [1.54, 1.807) is 0 Å². The molecule has 0 saturated carbocycles. The Kier molecular flexibility index (Phi) is 12.3. The van der Waals surface area contributed by atoms with Gasteiger partial charge in [0.2, 0.25) is 0 Å². The molecule has 0 aromatic carbocycles. The predicted octanol–water partition coefficient (Wildman–Crippen LogP) is 1.25. The fourth-order valence-electron chi connectivity index (χ4n) is 4.01. The highest BCUT2D eigenvalue weighted by atomic mass is 28.5. The van der Waals surface area contributed by atoms with Crippen molar-refractivity contribution in [1.29, 1.82) is 0 Å². The van der Waals surface area contributed by atoms with Gasteiger partial charge in [-0.25, -0.2) is 4.79 Å². The van der Waals surface area contributed by atoms with Gasteiger partial charge in [0.05, 0.1) is 0 Å². The Morgan fingerprint density at radius 3 is 1.17 bits per heavy atom. The summed E-state index contributed by atoms with van der Waals surface area (Å²) in [6, 6.07) is 0. The molecule has 0 aliphatic heterocycles. The minimum Gasteiger partial charge on any atom is -0.478 e. The van der Waals surface area contributed by atoms with Crippen LogP contribution in [0.1, 0.15) is 19.3 Å². The third kappa shape index (κ3) is 4.64. The molecule has 0 bridgehead atoms. The van der Waals surface area contributed by atoms with Crippen LogP contribution in [0, 0.1) is 0 Å². The number of hydrogen-bond donors (Lipinski definition) is 1. The van der Waals surface area contributed by atoms with E-state index >= 15 is 0 Å². The zero-order valence-corrected chi connectivity index (χ0v) is 22.4. The molecule has 0 radical (unpaired) electrons. The molecule has 1 N–H and O–H groups in total. The summed E-state index contributed by atoms with van der Waals surface area (Å²) in [6.07, 6.45) is 0.651. The quantitative estimate of drug-likeness (QED) is 0.235. The Morgan fingerprint density at radius 2 is 0.967 bits per heavy atom. The smallest absolute Gasteiger partial charge is 0.478 e. The maximum atomic E-state index is 11.3. The summed E-state index contributed by atoms with van der Waals surface area (Å²) in [6.45, 7) is 3.59. The summed E-state index contributed by atoms with van der Waals surface area (Å²) in [5, 5.41) is 9.21. The highest BCUT2D eigenvalue weighted by Gasteiger charge is 2.88. The number of carboxylic acid groups (broad SMARTS) is 1. The number of hydrogen-bond acceptors (Lipinski definition) is 10. The molecule has 0 aromatic heterocycles. The topological polar surface area (TPSA) is 120 Å². The number of carbonyl (C=O) groups is 1. The van der Waals surface area contributed by atoms with E-state index in [2.05, 4.69) is 6.58 Å². The van der Waals surface area contributed by atoms with Crippen molar-refractivity contribution in [2.45, 2.75) is 23.5 Å². The van der Waals surface area contributed by atoms with Crippen molar-refractivity contribution >= 4 is 32.4 Å². The summed E-state index contributed by atoms with van der Waals surface area (Å²) in [4.78, 5) is 11.3. The van der Waals surface area contributed by atoms with Crippen LogP contribution < -0.4 is 0 Å². The van der Waals surface area contributed by atoms with Crippen LogP contribution in [0.4, 0.5) is 0 Å². The molecule has 30 heavy (non-hydrogen) atoms. The molecule has 14 heteroatoms. The first-order chi connectivity index (χ1) is 14.1. The van der Waals surface area contributed by atoms with Gasteiger partial charge in [0.25, 0.3) is 0 Å². The van der Waals surface area contributed by atoms with Gasteiger partial charge in [-0.15, -0.1) is 0 Å². The fourth-order valence-corrected chi connectivity index (χ4v) is 20.1. The lowest BCUT2D eigenvalue weighted by molar-refractivity contribution is -0.132. The SMILES string of the molecule is C=C(CCCC([Si](OC)(OC)OC)([Si](OC)(OC)OC)[Si](OC)(OC)OC)C(=O)O. The Balaban J connectivity index is 7.16.